The molecule has 0 atom stereocenters. The van der Waals surface area contributed by atoms with E-state index in [9.17, 15) is 28.0 Å². The number of methoxy groups -OCH3 is 1. The number of rotatable bonds is 6. The number of carbonyl (C=O) groups is 1. The molecule has 0 aliphatic heterocycles. The summed E-state index contributed by atoms with van der Waals surface area (Å²) in [5.74, 6) is -0.504. The summed E-state index contributed by atoms with van der Waals surface area (Å²) in [4.78, 5) is 24.9. The van der Waals surface area contributed by atoms with Crippen LogP contribution in [0, 0.1) is 25.2 Å². The molecule has 4 rings (SSSR count). The molecule has 0 saturated heterocycles. The maximum absolute atomic E-state index is 14.0. The highest BCUT2D eigenvalue weighted by molar-refractivity contribution is 5.87. The standard InChI is InChI=1S/C32H25F3N2O3/c1-20-10-12-26(21(2)14-20)19-37-29(17-28(32(33,34)35)27(18-36)31(37)39)25-9-5-8-24(16-25)23-7-4-6-22(15-23)11-13-30(38)40-3/h4-17H,19H2,1-3H3/b13-11+. The number of aryl methyl sites for hydroxylation is 2. The first-order valence-corrected chi connectivity index (χ1v) is 12.3. The number of aromatic nitrogens is 1. The minimum absolute atomic E-state index is 0.00880. The number of hydrogen-bond donors (Lipinski definition) is 0. The third-order valence-corrected chi connectivity index (χ3v) is 6.54. The van der Waals surface area contributed by atoms with Gasteiger partial charge in [0.1, 0.15) is 11.6 Å². The Morgan fingerprint density at radius 2 is 1.65 bits per heavy atom. The number of nitrogens with zero attached hydrogens (tertiary/aromatic N) is 2. The fourth-order valence-corrected chi connectivity index (χ4v) is 4.48. The minimum Gasteiger partial charge on any atom is -0.466 e. The second kappa shape index (κ2) is 11.5. The van der Waals surface area contributed by atoms with Gasteiger partial charge in [0.05, 0.1) is 24.9 Å². The first-order valence-electron chi connectivity index (χ1n) is 12.3. The van der Waals surface area contributed by atoms with Crippen molar-refractivity contribution in [3.05, 3.63) is 123 Å². The molecular formula is C32H25F3N2O3. The Morgan fingerprint density at radius 3 is 2.30 bits per heavy atom. The van der Waals surface area contributed by atoms with E-state index in [1.54, 1.807) is 42.5 Å². The molecule has 0 saturated carbocycles. The fraction of sp³-hybridized carbons (Fsp3) is 0.156. The van der Waals surface area contributed by atoms with E-state index in [1.807, 2.05) is 44.2 Å². The van der Waals surface area contributed by atoms with Crippen molar-refractivity contribution in [2.24, 2.45) is 0 Å². The zero-order valence-corrected chi connectivity index (χ0v) is 22.0. The second-order valence-electron chi connectivity index (χ2n) is 9.31. The maximum Gasteiger partial charge on any atom is 0.417 e. The number of nitriles is 1. The highest BCUT2D eigenvalue weighted by Gasteiger charge is 2.36. The molecule has 202 valence electrons. The smallest absolute Gasteiger partial charge is 0.417 e. The minimum atomic E-state index is -4.89. The van der Waals surface area contributed by atoms with E-state index in [1.165, 1.54) is 23.8 Å². The van der Waals surface area contributed by atoms with Crippen molar-refractivity contribution in [2.45, 2.75) is 26.6 Å². The van der Waals surface area contributed by atoms with Gasteiger partial charge in [0.2, 0.25) is 0 Å². The number of benzene rings is 3. The molecule has 8 heteroatoms. The lowest BCUT2D eigenvalue weighted by Crippen LogP contribution is -2.29. The number of ether oxygens (including phenoxy) is 1. The van der Waals surface area contributed by atoms with Crippen LogP contribution < -0.4 is 5.56 Å². The van der Waals surface area contributed by atoms with E-state index >= 15 is 0 Å². The lowest BCUT2D eigenvalue weighted by Gasteiger charge is -2.19. The quantitative estimate of drug-likeness (QED) is 0.196. The predicted octanol–water partition coefficient (Wildman–Crippen LogP) is 6.92. The van der Waals surface area contributed by atoms with Crippen LogP contribution in [0.1, 0.15) is 33.4 Å². The van der Waals surface area contributed by atoms with Crippen LogP contribution in [0.2, 0.25) is 0 Å². The van der Waals surface area contributed by atoms with Gasteiger partial charge in [0, 0.05) is 6.08 Å². The van der Waals surface area contributed by atoms with Gasteiger partial charge >= 0.3 is 12.1 Å². The molecule has 0 aliphatic carbocycles. The molecule has 0 aliphatic rings. The summed E-state index contributed by atoms with van der Waals surface area (Å²) in [5.41, 5.74) is 2.00. The van der Waals surface area contributed by atoms with Crippen molar-refractivity contribution in [3.63, 3.8) is 0 Å². The summed E-state index contributed by atoms with van der Waals surface area (Å²) in [6.07, 6.45) is -2.01. The van der Waals surface area contributed by atoms with Crippen LogP contribution >= 0.6 is 0 Å². The van der Waals surface area contributed by atoms with Gasteiger partial charge in [-0.05, 0) is 71.5 Å². The Balaban J connectivity index is 1.90. The van der Waals surface area contributed by atoms with E-state index in [0.717, 1.165) is 33.9 Å². The van der Waals surface area contributed by atoms with Crippen molar-refractivity contribution < 1.29 is 22.7 Å². The highest BCUT2D eigenvalue weighted by Crippen LogP contribution is 2.35. The molecule has 0 radical (unpaired) electrons. The van der Waals surface area contributed by atoms with Crippen LogP contribution in [0.4, 0.5) is 13.2 Å². The highest BCUT2D eigenvalue weighted by atomic mass is 19.4. The molecule has 1 heterocycles. The largest absolute Gasteiger partial charge is 0.466 e. The Morgan fingerprint density at radius 1 is 0.975 bits per heavy atom. The molecule has 0 amide bonds. The van der Waals surface area contributed by atoms with Gasteiger partial charge in [0.15, 0.2) is 0 Å². The first kappa shape index (κ1) is 28.1. The third-order valence-electron chi connectivity index (χ3n) is 6.54. The average molecular weight is 543 g/mol. The Kier molecular flexibility index (Phi) is 8.05. The van der Waals surface area contributed by atoms with E-state index in [2.05, 4.69) is 4.74 Å². The van der Waals surface area contributed by atoms with E-state index in [4.69, 9.17) is 0 Å². The maximum atomic E-state index is 14.0. The van der Waals surface area contributed by atoms with E-state index in [-0.39, 0.29) is 12.2 Å². The van der Waals surface area contributed by atoms with Crippen LogP contribution in [0.3, 0.4) is 0 Å². The van der Waals surface area contributed by atoms with Crippen LogP contribution in [-0.4, -0.2) is 17.6 Å². The summed E-state index contributed by atoms with van der Waals surface area (Å²) in [6, 6.07) is 22.0. The molecule has 5 nitrogen and oxygen atoms in total. The van der Waals surface area contributed by atoms with Crippen molar-refractivity contribution >= 4 is 12.0 Å². The topological polar surface area (TPSA) is 72.1 Å². The normalized spacial score (nSPS) is 11.4. The molecule has 4 aromatic rings. The molecule has 0 bridgehead atoms. The average Bonchev–Trinajstić information content (AvgIpc) is 2.93. The monoisotopic (exact) mass is 542 g/mol. The zero-order chi connectivity index (χ0) is 29.0. The van der Waals surface area contributed by atoms with Crippen LogP contribution in [0.25, 0.3) is 28.5 Å². The van der Waals surface area contributed by atoms with Crippen molar-refractivity contribution in [2.75, 3.05) is 7.11 Å². The molecular weight excluding hydrogens is 517 g/mol. The number of esters is 1. The SMILES string of the molecule is COC(=O)/C=C/c1cccc(-c2cccc(-c3cc(C(F)(F)F)c(C#N)c(=O)n3Cc3ccc(C)cc3C)c2)c1. The molecule has 0 fully saturated rings. The van der Waals surface area contributed by atoms with Gasteiger partial charge in [0.25, 0.3) is 5.56 Å². The molecule has 40 heavy (non-hydrogen) atoms. The number of carbonyl (C=O) groups excluding carboxylic acids is 1. The predicted molar refractivity (Wildman–Crippen MR) is 147 cm³/mol. The summed E-state index contributed by atoms with van der Waals surface area (Å²) in [7, 11) is 1.28. The molecule has 0 unspecified atom stereocenters. The van der Waals surface area contributed by atoms with Gasteiger partial charge in [-0.1, -0.05) is 60.2 Å². The third kappa shape index (κ3) is 6.05. The lowest BCUT2D eigenvalue weighted by molar-refractivity contribution is -0.138. The van der Waals surface area contributed by atoms with Crippen LogP contribution in [0.5, 0.6) is 0 Å². The van der Waals surface area contributed by atoms with Crippen LogP contribution in [-0.2, 0) is 22.3 Å². The lowest BCUT2D eigenvalue weighted by atomic mass is 9.97. The van der Waals surface area contributed by atoms with Gasteiger partial charge < -0.3 is 9.30 Å². The van der Waals surface area contributed by atoms with Crippen LogP contribution in [0.15, 0.2) is 83.7 Å². The van der Waals surface area contributed by atoms with E-state index in [0.29, 0.717) is 11.1 Å². The summed E-state index contributed by atoms with van der Waals surface area (Å²) < 4.78 is 47.8. The van der Waals surface area contributed by atoms with Crippen molar-refractivity contribution in [1.82, 2.24) is 4.57 Å². The molecule has 3 aromatic carbocycles. The van der Waals surface area contributed by atoms with Gasteiger partial charge in [-0.2, -0.15) is 18.4 Å². The van der Waals surface area contributed by atoms with Crippen molar-refractivity contribution in [1.29, 1.82) is 5.26 Å². The number of alkyl halides is 3. The number of halogens is 3. The fourth-order valence-electron chi connectivity index (χ4n) is 4.48. The number of hydrogen-bond acceptors (Lipinski definition) is 4. The van der Waals surface area contributed by atoms with Gasteiger partial charge in [-0.3, -0.25) is 4.79 Å². The summed E-state index contributed by atoms with van der Waals surface area (Å²) in [6.45, 7) is 3.78. The first-order chi connectivity index (χ1) is 19.0. The Bertz CT molecular complexity index is 1730. The summed E-state index contributed by atoms with van der Waals surface area (Å²) >= 11 is 0. The second-order valence-corrected chi connectivity index (χ2v) is 9.31. The molecule has 0 N–H and O–H groups in total. The van der Waals surface area contributed by atoms with Gasteiger partial charge in [-0.15, -0.1) is 0 Å². The van der Waals surface area contributed by atoms with Gasteiger partial charge in [-0.25, -0.2) is 4.79 Å². The summed E-state index contributed by atoms with van der Waals surface area (Å²) in [5, 5.41) is 9.52. The Hall–Kier alpha value is -4.90. The molecule has 1 aromatic heterocycles. The number of pyridine rings is 1. The van der Waals surface area contributed by atoms with E-state index < -0.39 is 28.8 Å². The zero-order valence-electron chi connectivity index (χ0n) is 22.0. The Labute approximate surface area is 229 Å². The van der Waals surface area contributed by atoms with Crippen molar-refractivity contribution in [3.8, 4) is 28.5 Å². The molecule has 0 spiro atoms.